The van der Waals surface area contributed by atoms with Gasteiger partial charge in [0.25, 0.3) is 0 Å². The van der Waals surface area contributed by atoms with E-state index in [1.807, 2.05) is 35.2 Å². The summed E-state index contributed by atoms with van der Waals surface area (Å²) in [5.41, 5.74) is 1.03. The lowest BCUT2D eigenvalue weighted by Gasteiger charge is -2.38. The number of ether oxygens (including phenoxy) is 1. The Labute approximate surface area is 151 Å². The second kappa shape index (κ2) is 9.20. The molecule has 0 spiro atoms. The van der Waals surface area contributed by atoms with E-state index < -0.39 is 0 Å². The SMILES string of the molecule is CCN1CCCC(CN2CCN(C(=O)OCc3ccccc3)CC2)C1. The summed E-state index contributed by atoms with van der Waals surface area (Å²) in [6.07, 6.45) is 2.48. The Kier molecular flexibility index (Phi) is 6.70. The van der Waals surface area contributed by atoms with Crippen LogP contribution in [0.5, 0.6) is 0 Å². The normalized spacial score (nSPS) is 22.8. The number of carbonyl (C=O) groups excluding carboxylic acids is 1. The minimum Gasteiger partial charge on any atom is -0.445 e. The van der Waals surface area contributed by atoms with Crippen LogP contribution in [0.1, 0.15) is 25.3 Å². The standard InChI is InChI=1S/C20H31N3O2/c1-2-21-10-6-9-19(15-21)16-22-11-13-23(14-12-22)20(24)25-17-18-7-4-3-5-8-18/h3-5,7-8,19H,2,6,9-17H2,1H3. The van der Waals surface area contributed by atoms with Crippen LogP contribution in [-0.2, 0) is 11.3 Å². The Morgan fingerprint density at radius 3 is 2.56 bits per heavy atom. The van der Waals surface area contributed by atoms with Gasteiger partial charge in [0.05, 0.1) is 0 Å². The van der Waals surface area contributed by atoms with Crippen LogP contribution in [0.4, 0.5) is 4.79 Å². The zero-order chi connectivity index (χ0) is 17.5. The number of hydrogen-bond acceptors (Lipinski definition) is 4. The fraction of sp³-hybridized carbons (Fsp3) is 0.650. The molecule has 2 aliphatic heterocycles. The molecule has 1 aromatic rings. The number of piperazine rings is 1. The monoisotopic (exact) mass is 345 g/mol. The van der Waals surface area contributed by atoms with E-state index in [0.29, 0.717) is 6.61 Å². The summed E-state index contributed by atoms with van der Waals surface area (Å²) in [6, 6.07) is 9.86. The van der Waals surface area contributed by atoms with Crippen LogP contribution < -0.4 is 0 Å². The fourth-order valence-electron chi connectivity index (χ4n) is 3.88. The van der Waals surface area contributed by atoms with Crippen LogP contribution in [-0.4, -0.2) is 73.2 Å². The van der Waals surface area contributed by atoms with Gasteiger partial charge in [-0.15, -0.1) is 0 Å². The van der Waals surface area contributed by atoms with Crippen molar-refractivity contribution >= 4 is 6.09 Å². The van der Waals surface area contributed by atoms with Crippen molar-refractivity contribution in [3.05, 3.63) is 35.9 Å². The number of amides is 1. The van der Waals surface area contributed by atoms with Crippen molar-refractivity contribution in [2.24, 2.45) is 5.92 Å². The van der Waals surface area contributed by atoms with Gasteiger partial charge in [-0.1, -0.05) is 37.3 Å². The predicted molar refractivity (Wildman–Crippen MR) is 99.5 cm³/mol. The average Bonchev–Trinajstić information content (AvgIpc) is 2.67. The maximum absolute atomic E-state index is 12.2. The summed E-state index contributed by atoms with van der Waals surface area (Å²) in [7, 11) is 0. The molecule has 25 heavy (non-hydrogen) atoms. The van der Waals surface area contributed by atoms with Crippen LogP contribution in [0.15, 0.2) is 30.3 Å². The molecule has 0 N–H and O–H groups in total. The number of nitrogens with zero attached hydrogens (tertiary/aromatic N) is 3. The minimum atomic E-state index is -0.182. The van der Waals surface area contributed by atoms with Crippen molar-refractivity contribution in [2.75, 3.05) is 52.4 Å². The molecule has 1 atom stereocenters. The van der Waals surface area contributed by atoms with E-state index in [-0.39, 0.29) is 6.09 Å². The van der Waals surface area contributed by atoms with Gasteiger partial charge in [-0.05, 0) is 37.4 Å². The largest absolute Gasteiger partial charge is 0.445 e. The Balaban J connectivity index is 1.37. The van der Waals surface area contributed by atoms with E-state index in [1.165, 1.54) is 32.5 Å². The van der Waals surface area contributed by atoms with Gasteiger partial charge in [-0.3, -0.25) is 4.90 Å². The van der Waals surface area contributed by atoms with Crippen LogP contribution in [0.2, 0.25) is 0 Å². The number of hydrogen-bond donors (Lipinski definition) is 0. The highest BCUT2D eigenvalue weighted by Crippen LogP contribution is 2.18. The van der Waals surface area contributed by atoms with Gasteiger partial charge in [-0.2, -0.15) is 0 Å². The minimum absolute atomic E-state index is 0.182. The van der Waals surface area contributed by atoms with Gasteiger partial charge in [0, 0.05) is 39.3 Å². The van der Waals surface area contributed by atoms with Crippen LogP contribution in [0.3, 0.4) is 0 Å². The number of carbonyl (C=O) groups is 1. The highest BCUT2D eigenvalue weighted by atomic mass is 16.6. The van der Waals surface area contributed by atoms with E-state index in [2.05, 4.69) is 16.7 Å². The molecule has 2 aliphatic rings. The summed E-state index contributed by atoms with van der Waals surface area (Å²) in [6.45, 7) is 10.9. The van der Waals surface area contributed by atoms with Crippen molar-refractivity contribution in [3.63, 3.8) is 0 Å². The summed E-state index contributed by atoms with van der Waals surface area (Å²) < 4.78 is 5.44. The lowest BCUT2D eigenvalue weighted by Crippen LogP contribution is -2.51. The molecule has 2 saturated heterocycles. The quantitative estimate of drug-likeness (QED) is 0.822. The topological polar surface area (TPSA) is 36.0 Å². The van der Waals surface area contributed by atoms with E-state index in [1.54, 1.807) is 0 Å². The van der Waals surface area contributed by atoms with Crippen molar-refractivity contribution in [1.29, 1.82) is 0 Å². The van der Waals surface area contributed by atoms with Crippen molar-refractivity contribution in [1.82, 2.24) is 14.7 Å². The molecular formula is C20H31N3O2. The molecule has 1 unspecified atom stereocenters. The van der Waals surface area contributed by atoms with E-state index in [4.69, 9.17) is 4.74 Å². The first-order chi connectivity index (χ1) is 12.2. The first kappa shape index (κ1) is 18.2. The van der Waals surface area contributed by atoms with Crippen LogP contribution >= 0.6 is 0 Å². The molecule has 2 heterocycles. The highest BCUT2D eigenvalue weighted by molar-refractivity contribution is 5.67. The molecule has 1 amide bonds. The van der Waals surface area contributed by atoms with Crippen molar-refractivity contribution in [2.45, 2.75) is 26.4 Å². The zero-order valence-corrected chi connectivity index (χ0v) is 15.4. The summed E-state index contributed by atoms with van der Waals surface area (Å²) in [5, 5.41) is 0. The number of piperidine rings is 1. The zero-order valence-electron chi connectivity index (χ0n) is 15.4. The van der Waals surface area contributed by atoms with Gasteiger partial charge < -0.3 is 14.5 Å². The van der Waals surface area contributed by atoms with Crippen molar-refractivity contribution in [3.8, 4) is 0 Å². The van der Waals surface area contributed by atoms with E-state index in [0.717, 1.165) is 44.2 Å². The number of likely N-dealkylation sites (tertiary alicyclic amines) is 1. The van der Waals surface area contributed by atoms with Gasteiger partial charge in [0.1, 0.15) is 6.61 Å². The van der Waals surface area contributed by atoms with E-state index >= 15 is 0 Å². The van der Waals surface area contributed by atoms with Crippen LogP contribution in [0, 0.1) is 5.92 Å². The molecule has 1 aromatic carbocycles. The molecule has 2 fully saturated rings. The molecule has 3 rings (SSSR count). The molecule has 0 aliphatic carbocycles. The Morgan fingerprint density at radius 2 is 1.84 bits per heavy atom. The molecule has 5 nitrogen and oxygen atoms in total. The fourth-order valence-corrected chi connectivity index (χ4v) is 3.88. The maximum atomic E-state index is 12.2. The molecule has 138 valence electrons. The molecule has 0 aromatic heterocycles. The highest BCUT2D eigenvalue weighted by Gasteiger charge is 2.26. The summed E-state index contributed by atoms with van der Waals surface area (Å²) in [4.78, 5) is 19.2. The van der Waals surface area contributed by atoms with Crippen LogP contribution in [0.25, 0.3) is 0 Å². The Hall–Kier alpha value is -1.59. The van der Waals surface area contributed by atoms with Gasteiger partial charge in [-0.25, -0.2) is 4.79 Å². The average molecular weight is 345 g/mol. The third-order valence-corrected chi connectivity index (χ3v) is 5.40. The van der Waals surface area contributed by atoms with Gasteiger partial charge in [0.2, 0.25) is 0 Å². The summed E-state index contributed by atoms with van der Waals surface area (Å²) >= 11 is 0. The third-order valence-electron chi connectivity index (χ3n) is 5.40. The lowest BCUT2D eigenvalue weighted by atomic mass is 9.97. The van der Waals surface area contributed by atoms with Crippen molar-refractivity contribution < 1.29 is 9.53 Å². The first-order valence-corrected chi connectivity index (χ1v) is 9.65. The maximum Gasteiger partial charge on any atom is 0.410 e. The number of rotatable bonds is 5. The Bertz CT molecular complexity index is 529. The van der Waals surface area contributed by atoms with Gasteiger partial charge in [0.15, 0.2) is 0 Å². The summed E-state index contributed by atoms with van der Waals surface area (Å²) in [5.74, 6) is 0.783. The Morgan fingerprint density at radius 1 is 1.08 bits per heavy atom. The smallest absolute Gasteiger partial charge is 0.410 e. The molecule has 0 bridgehead atoms. The molecule has 5 heteroatoms. The molecular weight excluding hydrogens is 314 g/mol. The third kappa shape index (κ3) is 5.44. The number of benzene rings is 1. The van der Waals surface area contributed by atoms with E-state index in [9.17, 15) is 4.79 Å². The molecule has 0 saturated carbocycles. The first-order valence-electron chi connectivity index (χ1n) is 9.65. The second-order valence-corrected chi connectivity index (χ2v) is 7.23. The second-order valence-electron chi connectivity index (χ2n) is 7.23. The molecule has 0 radical (unpaired) electrons. The predicted octanol–water partition coefficient (Wildman–Crippen LogP) is 2.67. The van der Waals surface area contributed by atoms with Gasteiger partial charge >= 0.3 is 6.09 Å². The lowest BCUT2D eigenvalue weighted by molar-refractivity contribution is 0.0614.